The molecule has 0 atom stereocenters. The lowest BCUT2D eigenvalue weighted by Crippen LogP contribution is -2.30. The average molecular weight is 428 g/mol. The van der Waals surface area contributed by atoms with E-state index in [0.29, 0.717) is 12.2 Å². The summed E-state index contributed by atoms with van der Waals surface area (Å²) in [5.41, 5.74) is 2.78. The second kappa shape index (κ2) is 11.8. The van der Waals surface area contributed by atoms with E-state index < -0.39 is 10.8 Å². The molecule has 1 aliphatic rings. The Morgan fingerprint density at radius 1 is 1.13 bits per heavy atom. The Balaban J connectivity index is 1.32. The molecular weight excluding hydrogens is 400 g/mol. The van der Waals surface area contributed by atoms with Crippen LogP contribution in [0, 0.1) is 10.1 Å². The monoisotopic (exact) mass is 428 g/mol. The zero-order valence-corrected chi connectivity index (χ0v) is 17.5. The zero-order valence-electron chi connectivity index (χ0n) is 17.5. The SMILES string of the molecule is O=C(N/N=C/c1ccc([N+](=O)[O-])o1)c1ccc(OCCCCCN2CCCCC2)cc1. The van der Waals surface area contributed by atoms with E-state index in [-0.39, 0.29) is 11.6 Å². The first-order valence-corrected chi connectivity index (χ1v) is 10.6. The van der Waals surface area contributed by atoms with Gasteiger partial charge >= 0.3 is 5.88 Å². The van der Waals surface area contributed by atoms with Crippen molar-refractivity contribution in [2.24, 2.45) is 5.10 Å². The lowest BCUT2D eigenvalue weighted by molar-refractivity contribution is -0.402. The number of carbonyl (C=O) groups is 1. The molecular formula is C22H28N4O5. The quantitative estimate of drug-likeness (QED) is 0.251. The Morgan fingerprint density at radius 3 is 2.61 bits per heavy atom. The van der Waals surface area contributed by atoms with E-state index in [1.807, 2.05) is 0 Å². The molecule has 1 saturated heterocycles. The van der Waals surface area contributed by atoms with Crippen molar-refractivity contribution >= 4 is 18.0 Å². The molecule has 1 aliphatic heterocycles. The number of nitrogens with one attached hydrogen (secondary N) is 1. The third-order valence-corrected chi connectivity index (χ3v) is 5.10. The molecule has 0 spiro atoms. The number of benzene rings is 1. The topological polar surface area (TPSA) is 110 Å². The second-order valence-electron chi connectivity index (χ2n) is 7.47. The third-order valence-electron chi connectivity index (χ3n) is 5.10. The van der Waals surface area contributed by atoms with Crippen LogP contribution in [0.2, 0.25) is 0 Å². The number of rotatable bonds is 11. The molecule has 2 heterocycles. The fourth-order valence-electron chi connectivity index (χ4n) is 3.42. The van der Waals surface area contributed by atoms with E-state index >= 15 is 0 Å². The van der Waals surface area contributed by atoms with Crippen LogP contribution in [0.3, 0.4) is 0 Å². The zero-order chi connectivity index (χ0) is 21.9. The van der Waals surface area contributed by atoms with Crippen molar-refractivity contribution in [2.45, 2.75) is 38.5 Å². The standard InChI is InChI=1S/C22H28N4O5/c27-22(24-23-17-20-11-12-21(31-20)26(28)29)18-7-9-19(10-8-18)30-16-6-2-5-15-25-13-3-1-4-14-25/h7-12,17H,1-6,13-16H2,(H,24,27)/b23-17+. The number of likely N-dealkylation sites (tertiary alicyclic amines) is 1. The van der Waals surface area contributed by atoms with Crippen LogP contribution in [0.1, 0.15) is 54.6 Å². The Kier molecular flexibility index (Phi) is 8.59. The number of hydrogen-bond donors (Lipinski definition) is 1. The number of amides is 1. The van der Waals surface area contributed by atoms with E-state index in [1.54, 1.807) is 24.3 Å². The molecule has 0 aliphatic carbocycles. The molecule has 9 nitrogen and oxygen atoms in total. The van der Waals surface area contributed by atoms with Crippen molar-refractivity contribution in [3.05, 3.63) is 57.8 Å². The van der Waals surface area contributed by atoms with Crippen molar-refractivity contribution < 1.29 is 18.9 Å². The predicted molar refractivity (Wildman–Crippen MR) is 117 cm³/mol. The van der Waals surface area contributed by atoms with Gasteiger partial charge in [-0.15, -0.1) is 0 Å². The van der Waals surface area contributed by atoms with Gasteiger partial charge in [0.15, 0.2) is 5.76 Å². The Labute approximate surface area is 181 Å². The molecule has 1 N–H and O–H groups in total. The number of carbonyl (C=O) groups excluding carboxylic acids is 1. The van der Waals surface area contributed by atoms with Crippen LogP contribution in [0.25, 0.3) is 0 Å². The van der Waals surface area contributed by atoms with Gasteiger partial charge in [0.1, 0.15) is 10.7 Å². The highest BCUT2D eigenvalue weighted by molar-refractivity contribution is 5.94. The van der Waals surface area contributed by atoms with Gasteiger partial charge in [0.05, 0.1) is 18.9 Å². The molecule has 1 aromatic heterocycles. The molecule has 0 bridgehead atoms. The molecule has 31 heavy (non-hydrogen) atoms. The lowest BCUT2D eigenvalue weighted by Gasteiger charge is -2.26. The molecule has 1 aromatic carbocycles. The normalized spacial score (nSPS) is 14.6. The van der Waals surface area contributed by atoms with Crippen molar-refractivity contribution in [3.63, 3.8) is 0 Å². The highest BCUT2D eigenvalue weighted by atomic mass is 16.6. The van der Waals surface area contributed by atoms with Gasteiger partial charge < -0.3 is 14.1 Å². The van der Waals surface area contributed by atoms with Crippen LogP contribution in [0.15, 0.2) is 45.9 Å². The van der Waals surface area contributed by atoms with Gasteiger partial charge in [0.2, 0.25) is 0 Å². The number of ether oxygens (including phenoxy) is 1. The van der Waals surface area contributed by atoms with E-state index in [1.165, 1.54) is 63.7 Å². The van der Waals surface area contributed by atoms with Crippen LogP contribution >= 0.6 is 0 Å². The first kappa shape index (κ1) is 22.5. The number of hydrogen-bond acceptors (Lipinski definition) is 7. The van der Waals surface area contributed by atoms with Gasteiger partial charge in [-0.05, 0) is 82.1 Å². The molecule has 1 fully saturated rings. The first-order chi connectivity index (χ1) is 15.1. The average Bonchev–Trinajstić information content (AvgIpc) is 3.26. The summed E-state index contributed by atoms with van der Waals surface area (Å²) in [6.45, 7) is 4.33. The lowest BCUT2D eigenvalue weighted by atomic mass is 10.1. The fourth-order valence-corrected chi connectivity index (χ4v) is 3.42. The van der Waals surface area contributed by atoms with Gasteiger partial charge in [0, 0.05) is 5.56 Å². The minimum absolute atomic E-state index is 0.173. The smallest absolute Gasteiger partial charge is 0.433 e. The number of piperidine rings is 1. The second-order valence-corrected chi connectivity index (χ2v) is 7.47. The minimum Gasteiger partial charge on any atom is -0.494 e. The van der Waals surface area contributed by atoms with E-state index in [2.05, 4.69) is 15.4 Å². The van der Waals surface area contributed by atoms with E-state index in [4.69, 9.17) is 9.15 Å². The predicted octanol–water partition coefficient (Wildman–Crippen LogP) is 3.99. The number of nitro groups is 1. The summed E-state index contributed by atoms with van der Waals surface area (Å²) in [6, 6.07) is 9.44. The van der Waals surface area contributed by atoms with Crippen LogP contribution < -0.4 is 10.2 Å². The molecule has 2 aromatic rings. The molecule has 9 heteroatoms. The molecule has 166 valence electrons. The summed E-state index contributed by atoms with van der Waals surface area (Å²) in [5, 5.41) is 14.3. The maximum atomic E-state index is 12.1. The molecule has 0 unspecified atom stereocenters. The van der Waals surface area contributed by atoms with Crippen LogP contribution in [-0.2, 0) is 0 Å². The van der Waals surface area contributed by atoms with E-state index in [9.17, 15) is 14.9 Å². The summed E-state index contributed by atoms with van der Waals surface area (Å²) < 4.78 is 10.7. The molecule has 1 amide bonds. The minimum atomic E-state index is -0.644. The Bertz CT molecular complexity index is 872. The summed E-state index contributed by atoms with van der Waals surface area (Å²) in [6.07, 6.45) is 8.60. The van der Waals surface area contributed by atoms with Crippen molar-refractivity contribution in [1.29, 1.82) is 0 Å². The maximum absolute atomic E-state index is 12.1. The van der Waals surface area contributed by atoms with Gasteiger partial charge in [-0.25, -0.2) is 5.43 Å². The third kappa shape index (κ3) is 7.53. The summed E-state index contributed by atoms with van der Waals surface area (Å²) in [7, 11) is 0. The summed E-state index contributed by atoms with van der Waals surface area (Å²) >= 11 is 0. The van der Waals surface area contributed by atoms with Crippen LogP contribution in [0.4, 0.5) is 5.88 Å². The number of hydrazone groups is 1. The fraction of sp³-hybridized carbons (Fsp3) is 0.455. The first-order valence-electron chi connectivity index (χ1n) is 10.6. The number of nitrogens with zero attached hydrogens (tertiary/aromatic N) is 3. The van der Waals surface area contributed by atoms with Crippen molar-refractivity contribution in [1.82, 2.24) is 10.3 Å². The molecule has 0 saturated carbocycles. The van der Waals surface area contributed by atoms with Gasteiger partial charge in [-0.1, -0.05) is 6.42 Å². The largest absolute Gasteiger partial charge is 0.494 e. The highest BCUT2D eigenvalue weighted by Gasteiger charge is 2.11. The van der Waals surface area contributed by atoms with E-state index in [0.717, 1.165) is 18.6 Å². The van der Waals surface area contributed by atoms with Gasteiger partial charge in [-0.2, -0.15) is 5.10 Å². The van der Waals surface area contributed by atoms with Crippen LogP contribution in [-0.4, -0.2) is 48.2 Å². The molecule has 0 radical (unpaired) electrons. The number of unbranched alkanes of at least 4 members (excludes halogenated alkanes) is 2. The molecule has 3 rings (SSSR count). The highest BCUT2D eigenvalue weighted by Crippen LogP contribution is 2.15. The van der Waals surface area contributed by atoms with Crippen LogP contribution in [0.5, 0.6) is 5.75 Å². The summed E-state index contributed by atoms with van der Waals surface area (Å²) in [4.78, 5) is 24.6. The maximum Gasteiger partial charge on any atom is 0.433 e. The van der Waals surface area contributed by atoms with Crippen molar-refractivity contribution in [3.8, 4) is 5.75 Å². The summed E-state index contributed by atoms with van der Waals surface area (Å²) in [5.74, 6) is 0.109. The van der Waals surface area contributed by atoms with Gasteiger partial charge in [-0.3, -0.25) is 14.9 Å². The Morgan fingerprint density at radius 2 is 1.90 bits per heavy atom. The van der Waals surface area contributed by atoms with Gasteiger partial charge in [0.25, 0.3) is 5.91 Å². The number of furan rings is 1. The van der Waals surface area contributed by atoms with Crippen molar-refractivity contribution in [2.75, 3.05) is 26.2 Å². The Hall–Kier alpha value is -3.20.